The van der Waals surface area contributed by atoms with Crippen LogP contribution in [0.5, 0.6) is 0 Å². The van der Waals surface area contributed by atoms with Crippen molar-refractivity contribution in [2.24, 2.45) is 11.7 Å². The lowest BCUT2D eigenvalue weighted by Gasteiger charge is -2.17. The first-order valence-corrected chi connectivity index (χ1v) is 6.15. The third-order valence-corrected chi connectivity index (χ3v) is 3.02. The number of nitrogens with two attached hydrogens (primary N) is 1. The third kappa shape index (κ3) is 4.41. The molecule has 0 spiro atoms. The monoisotopic (exact) mass is 268 g/mol. The Kier molecular flexibility index (Phi) is 5.22. The fourth-order valence-corrected chi connectivity index (χ4v) is 1.63. The van der Waals surface area contributed by atoms with Crippen molar-refractivity contribution in [3.63, 3.8) is 0 Å². The average molecular weight is 268 g/mol. The zero-order valence-electron chi connectivity index (χ0n) is 10.4. The molecule has 1 amide bonds. The Morgan fingerprint density at radius 1 is 1.39 bits per heavy atom. The highest BCUT2D eigenvalue weighted by Gasteiger charge is 2.17. The number of hydrogen-bond donors (Lipinski definition) is 2. The number of nitrogens with one attached hydrogen (secondary N) is 1. The summed E-state index contributed by atoms with van der Waals surface area (Å²) >= 11 is 4.77. The molecule has 1 aromatic carbocycles. The molecule has 0 aliphatic carbocycles. The van der Waals surface area contributed by atoms with E-state index in [2.05, 4.69) is 5.32 Å². The normalized spacial score (nSPS) is 13.7. The van der Waals surface area contributed by atoms with Crippen molar-refractivity contribution in [2.45, 2.75) is 26.3 Å². The van der Waals surface area contributed by atoms with Gasteiger partial charge in [0.25, 0.3) is 0 Å². The first kappa shape index (κ1) is 14.6. The molecule has 0 saturated carbocycles. The van der Waals surface area contributed by atoms with Crippen molar-refractivity contribution in [1.82, 2.24) is 5.32 Å². The first-order valence-electron chi connectivity index (χ1n) is 5.74. The summed E-state index contributed by atoms with van der Waals surface area (Å²) in [6.45, 7) is 3.55. The molecular formula is C13H17FN2OS. The maximum Gasteiger partial charge on any atom is 0.229 e. The van der Waals surface area contributed by atoms with Crippen molar-refractivity contribution in [1.29, 1.82) is 0 Å². The number of hydrogen-bond acceptors (Lipinski definition) is 2. The minimum absolute atomic E-state index is 0.0558. The lowest BCUT2D eigenvalue weighted by molar-refractivity contribution is -0.123. The maximum absolute atomic E-state index is 12.7. The minimum Gasteiger partial charge on any atom is -0.393 e. The summed E-state index contributed by atoms with van der Waals surface area (Å²) in [4.78, 5) is 11.9. The van der Waals surface area contributed by atoms with Gasteiger partial charge in [-0.2, -0.15) is 0 Å². The Balaban J connectivity index is 2.51. The summed E-state index contributed by atoms with van der Waals surface area (Å²) < 4.78 is 12.7. The number of halogens is 1. The van der Waals surface area contributed by atoms with E-state index < -0.39 is 5.92 Å². The van der Waals surface area contributed by atoms with Crippen LogP contribution in [0, 0.1) is 11.7 Å². The van der Waals surface area contributed by atoms with Crippen LogP contribution in [0.4, 0.5) is 4.39 Å². The van der Waals surface area contributed by atoms with Gasteiger partial charge in [0.2, 0.25) is 5.91 Å². The molecule has 0 fully saturated rings. The maximum atomic E-state index is 12.7. The van der Waals surface area contributed by atoms with Crippen LogP contribution in [0.3, 0.4) is 0 Å². The summed E-state index contributed by atoms with van der Waals surface area (Å²) in [7, 11) is 0. The number of thiocarbonyl (C=S) groups is 1. The molecule has 2 unspecified atom stereocenters. The molecule has 1 aromatic rings. The Bertz CT molecular complexity index is 433. The van der Waals surface area contributed by atoms with Crippen LogP contribution in [-0.4, -0.2) is 16.9 Å². The van der Waals surface area contributed by atoms with Crippen LogP contribution in [0.2, 0.25) is 0 Å². The van der Waals surface area contributed by atoms with Gasteiger partial charge in [0.05, 0.1) is 10.9 Å². The second-order valence-corrected chi connectivity index (χ2v) is 4.84. The minimum atomic E-state index is -0.476. The molecule has 0 saturated heterocycles. The quantitative estimate of drug-likeness (QED) is 0.801. The fourth-order valence-electron chi connectivity index (χ4n) is 1.52. The zero-order chi connectivity index (χ0) is 13.7. The Hall–Kier alpha value is -1.49. The van der Waals surface area contributed by atoms with Gasteiger partial charge in [0.15, 0.2) is 0 Å². The third-order valence-electron chi connectivity index (χ3n) is 2.66. The van der Waals surface area contributed by atoms with Crippen LogP contribution in [0.25, 0.3) is 0 Å². The lowest BCUT2D eigenvalue weighted by Crippen LogP contribution is -2.41. The van der Waals surface area contributed by atoms with Crippen molar-refractivity contribution >= 4 is 23.1 Å². The smallest absolute Gasteiger partial charge is 0.229 e. The highest BCUT2D eigenvalue weighted by molar-refractivity contribution is 7.80. The second kappa shape index (κ2) is 6.44. The van der Waals surface area contributed by atoms with E-state index in [1.54, 1.807) is 19.1 Å². The predicted molar refractivity (Wildman–Crippen MR) is 73.7 cm³/mol. The van der Waals surface area contributed by atoms with Crippen molar-refractivity contribution in [3.05, 3.63) is 35.6 Å². The van der Waals surface area contributed by atoms with Crippen LogP contribution in [0.1, 0.15) is 19.4 Å². The van der Waals surface area contributed by atoms with Crippen molar-refractivity contribution < 1.29 is 9.18 Å². The van der Waals surface area contributed by atoms with Gasteiger partial charge < -0.3 is 11.1 Å². The number of amides is 1. The van der Waals surface area contributed by atoms with E-state index in [0.29, 0.717) is 6.42 Å². The summed E-state index contributed by atoms with van der Waals surface area (Å²) in [5.74, 6) is -0.926. The SMILES string of the molecule is CC(Cc1ccc(F)cc1)NC(=O)C(C)C(N)=S. The highest BCUT2D eigenvalue weighted by atomic mass is 32.1. The molecule has 0 bridgehead atoms. The summed E-state index contributed by atoms with van der Waals surface area (Å²) in [5.41, 5.74) is 6.38. The van der Waals surface area contributed by atoms with Gasteiger partial charge >= 0.3 is 0 Å². The van der Waals surface area contributed by atoms with Crippen LogP contribution in [-0.2, 0) is 11.2 Å². The average Bonchev–Trinajstić information content (AvgIpc) is 2.30. The van der Waals surface area contributed by atoms with Crippen LogP contribution in [0.15, 0.2) is 24.3 Å². The molecule has 2 atom stereocenters. The molecule has 5 heteroatoms. The standard InChI is InChI=1S/C13H17FN2OS/c1-8(16-13(17)9(2)12(15)18)7-10-3-5-11(14)6-4-10/h3-6,8-9H,7H2,1-2H3,(H2,15,18)(H,16,17). The molecule has 98 valence electrons. The number of rotatable bonds is 5. The molecule has 1 rings (SSSR count). The first-order chi connectivity index (χ1) is 8.40. The molecule has 3 N–H and O–H groups in total. The molecule has 0 aromatic heterocycles. The Morgan fingerprint density at radius 3 is 2.44 bits per heavy atom. The zero-order valence-corrected chi connectivity index (χ0v) is 11.3. The lowest BCUT2D eigenvalue weighted by atomic mass is 10.1. The molecule has 3 nitrogen and oxygen atoms in total. The van der Waals surface area contributed by atoms with Crippen molar-refractivity contribution in [2.75, 3.05) is 0 Å². The van der Waals surface area contributed by atoms with E-state index in [1.807, 2.05) is 6.92 Å². The number of benzene rings is 1. The van der Waals surface area contributed by atoms with E-state index in [4.69, 9.17) is 18.0 Å². The largest absolute Gasteiger partial charge is 0.393 e. The molecule has 0 heterocycles. The van der Waals surface area contributed by atoms with E-state index >= 15 is 0 Å². The molecule has 18 heavy (non-hydrogen) atoms. The van der Waals surface area contributed by atoms with Gasteiger partial charge in [-0.15, -0.1) is 0 Å². The predicted octanol–water partition coefficient (Wildman–Crippen LogP) is 1.80. The second-order valence-electron chi connectivity index (χ2n) is 4.36. The summed E-state index contributed by atoms with van der Waals surface area (Å²) in [5, 5.41) is 2.82. The molecular weight excluding hydrogens is 251 g/mol. The van der Waals surface area contributed by atoms with E-state index in [9.17, 15) is 9.18 Å². The Labute approximate surface area is 112 Å². The van der Waals surface area contributed by atoms with E-state index in [-0.39, 0.29) is 22.8 Å². The van der Waals surface area contributed by atoms with Gasteiger partial charge in [-0.3, -0.25) is 4.79 Å². The van der Waals surface area contributed by atoms with E-state index in [1.165, 1.54) is 12.1 Å². The number of carbonyl (C=O) groups is 1. The molecule has 0 radical (unpaired) electrons. The van der Waals surface area contributed by atoms with Gasteiger partial charge in [-0.05, 0) is 38.0 Å². The summed E-state index contributed by atoms with van der Waals surface area (Å²) in [6, 6.07) is 6.16. The molecule has 0 aliphatic rings. The van der Waals surface area contributed by atoms with Gasteiger partial charge in [-0.1, -0.05) is 24.4 Å². The number of carbonyl (C=O) groups excluding carboxylic acids is 1. The Morgan fingerprint density at radius 2 is 1.94 bits per heavy atom. The highest BCUT2D eigenvalue weighted by Crippen LogP contribution is 2.06. The van der Waals surface area contributed by atoms with Crippen molar-refractivity contribution in [3.8, 4) is 0 Å². The van der Waals surface area contributed by atoms with E-state index in [0.717, 1.165) is 5.56 Å². The van der Waals surface area contributed by atoms with Gasteiger partial charge in [-0.25, -0.2) is 4.39 Å². The van der Waals surface area contributed by atoms with Crippen LogP contribution < -0.4 is 11.1 Å². The van der Waals surface area contributed by atoms with Gasteiger partial charge in [0, 0.05) is 6.04 Å². The van der Waals surface area contributed by atoms with Crippen LogP contribution >= 0.6 is 12.2 Å². The van der Waals surface area contributed by atoms with Gasteiger partial charge in [0.1, 0.15) is 5.82 Å². The molecule has 0 aliphatic heterocycles. The summed E-state index contributed by atoms with van der Waals surface area (Å²) in [6.07, 6.45) is 0.635. The topological polar surface area (TPSA) is 55.1 Å². The fraction of sp³-hybridized carbons (Fsp3) is 0.385.